The van der Waals surface area contributed by atoms with E-state index < -0.39 is 5.97 Å². The van der Waals surface area contributed by atoms with Crippen molar-refractivity contribution in [3.63, 3.8) is 0 Å². The minimum absolute atomic E-state index is 0.0102. The molecule has 1 aromatic heterocycles. The zero-order chi connectivity index (χ0) is 15.8. The molecular weight excluding hydrogens is 310 g/mol. The van der Waals surface area contributed by atoms with Crippen molar-refractivity contribution in [3.05, 3.63) is 21.3 Å². The predicted molar refractivity (Wildman–Crippen MR) is 83.9 cm³/mol. The highest BCUT2D eigenvalue weighted by Gasteiger charge is 2.46. The molecule has 0 aliphatic heterocycles. The van der Waals surface area contributed by atoms with Crippen molar-refractivity contribution in [2.24, 2.45) is 17.3 Å². The normalized spacial score (nSPS) is 28.1. The summed E-state index contributed by atoms with van der Waals surface area (Å²) in [6, 6.07) is 3.40. The molecule has 0 bridgehead atoms. The van der Waals surface area contributed by atoms with E-state index in [1.807, 2.05) is 20.8 Å². The molecule has 6 heteroatoms. The van der Waals surface area contributed by atoms with Crippen molar-refractivity contribution in [3.8, 4) is 0 Å². The third-order valence-electron chi connectivity index (χ3n) is 4.85. The lowest BCUT2D eigenvalue weighted by molar-refractivity contribution is -0.150. The van der Waals surface area contributed by atoms with E-state index in [0.29, 0.717) is 22.1 Å². The third-order valence-corrected chi connectivity index (χ3v) is 6.08. The van der Waals surface area contributed by atoms with Crippen LogP contribution >= 0.6 is 22.9 Å². The van der Waals surface area contributed by atoms with Gasteiger partial charge >= 0.3 is 5.97 Å². The van der Waals surface area contributed by atoms with E-state index in [2.05, 4.69) is 5.32 Å². The highest BCUT2D eigenvalue weighted by atomic mass is 35.5. The summed E-state index contributed by atoms with van der Waals surface area (Å²) in [6.07, 6.45) is 1.27. The van der Waals surface area contributed by atoms with Gasteiger partial charge in [-0.15, -0.1) is 11.3 Å². The molecule has 0 saturated heterocycles. The summed E-state index contributed by atoms with van der Waals surface area (Å²) in [5.74, 6) is -1.15. The van der Waals surface area contributed by atoms with Crippen molar-refractivity contribution in [1.29, 1.82) is 0 Å². The molecule has 0 spiro atoms. The number of aliphatic carboxylic acids is 1. The second kappa shape index (κ2) is 5.97. The molecule has 4 nitrogen and oxygen atoms in total. The predicted octanol–water partition coefficient (Wildman–Crippen LogP) is 3.66. The summed E-state index contributed by atoms with van der Waals surface area (Å²) in [6.45, 7) is 5.95. The zero-order valence-electron chi connectivity index (χ0n) is 12.4. The lowest BCUT2D eigenvalue weighted by Crippen LogP contribution is -2.52. The fraction of sp³-hybridized carbons (Fsp3) is 0.600. The Hall–Kier alpha value is -1.07. The maximum absolute atomic E-state index is 12.2. The van der Waals surface area contributed by atoms with Gasteiger partial charge in [-0.2, -0.15) is 0 Å². The second-order valence-electron chi connectivity index (χ2n) is 6.26. The fourth-order valence-electron chi connectivity index (χ4n) is 3.12. The molecule has 2 N–H and O–H groups in total. The van der Waals surface area contributed by atoms with Gasteiger partial charge in [0.1, 0.15) is 0 Å². The van der Waals surface area contributed by atoms with Gasteiger partial charge in [-0.05, 0) is 36.3 Å². The molecule has 1 saturated carbocycles. The second-order valence-corrected chi connectivity index (χ2v) is 7.98. The van der Waals surface area contributed by atoms with Crippen LogP contribution in [0.5, 0.6) is 0 Å². The van der Waals surface area contributed by atoms with E-state index in [-0.39, 0.29) is 29.2 Å². The summed E-state index contributed by atoms with van der Waals surface area (Å²) >= 11 is 7.10. The van der Waals surface area contributed by atoms with E-state index in [1.54, 1.807) is 12.1 Å². The summed E-state index contributed by atoms with van der Waals surface area (Å²) in [5.41, 5.74) is -0.352. The molecule has 1 fully saturated rings. The van der Waals surface area contributed by atoms with E-state index in [1.165, 1.54) is 11.3 Å². The van der Waals surface area contributed by atoms with Gasteiger partial charge in [0.2, 0.25) is 0 Å². The van der Waals surface area contributed by atoms with Gasteiger partial charge in [0.15, 0.2) is 0 Å². The Balaban J connectivity index is 2.09. The lowest BCUT2D eigenvalue weighted by Gasteiger charge is -2.46. The first-order valence-electron chi connectivity index (χ1n) is 7.02. The average Bonchev–Trinajstić information content (AvgIpc) is 2.81. The number of thiophene rings is 1. The highest BCUT2D eigenvalue weighted by molar-refractivity contribution is 7.17. The Kier molecular flexibility index (Phi) is 4.63. The Bertz CT molecular complexity index is 555. The SMILES string of the molecule is CC1C(NC(=O)c2ccc(Cl)s2)CCC(C(=O)O)C1(C)C. The van der Waals surface area contributed by atoms with E-state index in [9.17, 15) is 14.7 Å². The van der Waals surface area contributed by atoms with Crippen molar-refractivity contribution in [2.75, 3.05) is 0 Å². The van der Waals surface area contributed by atoms with Gasteiger partial charge in [0, 0.05) is 6.04 Å². The molecule has 21 heavy (non-hydrogen) atoms. The number of hydrogen-bond acceptors (Lipinski definition) is 3. The lowest BCUT2D eigenvalue weighted by atomic mass is 9.61. The van der Waals surface area contributed by atoms with Crippen LogP contribution in [0.25, 0.3) is 0 Å². The fourth-order valence-corrected chi connectivity index (χ4v) is 4.07. The minimum atomic E-state index is -0.748. The van der Waals surface area contributed by atoms with Crippen LogP contribution in [0.15, 0.2) is 12.1 Å². The Labute approximate surface area is 133 Å². The van der Waals surface area contributed by atoms with Crippen LogP contribution in [0.2, 0.25) is 4.34 Å². The first-order valence-corrected chi connectivity index (χ1v) is 8.22. The number of rotatable bonds is 3. The maximum Gasteiger partial charge on any atom is 0.307 e. The molecule has 3 unspecified atom stereocenters. The number of halogens is 1. The number of carboxylic acid groups (broad SMARTS) is 1. The highest BCUT2D eigenvalue weighted by Crippen LogP contribution is 2.45. The zero-order valence-corrected chi connectivity index (χ0v) is 13.9. The van der Waals surface area contributed by atoms with Crippen LogP contribution < -0.4 is 5.32 Å². The van der Waals surface area contributed by atoms with Crippen LogP contribution in [0, 0.1) is 17.3 Å². The van der Waals surface area contributed by atoms with E-state index in [0.717, 1.165) is 0 Å². The molecule has 116 valence electrons. The molecule has 0 radical (unpaired) electrons. The molecule has 3 atom stereocenters. The number of hydrogen-bond donors (Lipinski definition) is 2. The van der Waals surface area contributed by atoms with Crippen LogP contribution in [-0.4, -0.2) is 23.0 Å². The van der Waals surface area contributed by atoms with Crippen LogP contribution in [0.3, 0.4) is 0 Å². The summed E-state index contributed by atoms with van der Waals surface area (Å²) in [7, 11) is 0. The van der Waals surface area contributed by atoms with Crippen LogP contribution in [-0.2, 0) is 4.79 Å². The number of carbonyl (C=O) groups excluding carboxylic acids is 1. The van der Waals surface area contributed by atoms with Gasteiger partial charge in [-0.3, -0.25) is 9.59 Å². The standard InChI is InChI=1S/C15H20ClNO3S/c1-8-10(5-4-9(14(19)20)15(8,2)3)17-13(18)11-6-7-12(16)21-11/h6-10H,4-5H2,1-3H3,(H,17,18)(H,19,20). The Morgan fingerprint density at radius 1 is 1.38 bits per heavy atom. The van der Waals surface area contributed by atoms with Crippen molar-refractivity contribution >= 4 is 34.8 Å². The summed E-state index contributed by atoms with van der Waals surface area (Å²) < 4.78 is 0.586. The molecule has 1 aromatic rings. The van der Waals surface area contributed by atoms with Gasteiger partial charge in [0.05, 0.1) is 15.1 Å². The molecule has 1 aliphatic rings. The smallest absolute Gasteiger partial charge is 0.307 e. The average molecular weight is 330 g/mol. The van der Waals surface area contributed by atoms with Crippen LogP contribution in [0.4, 0.5) is 0 Å². The first kappa shape index (κ1) is 16.3. The van der Waals surface area contributed by atoms with Crippen molar-refractivity contribution < 1.29 is 14.7 Å². The first-order chi connectivity index (χ1) is 9.73. The molecule has 1 amide bonds. The number of nitrogens with one attached hydrogen (secondary N) is 1. The van der Waals surface area contributed by atoms with Gasteiger partial charge in [-0.1, -0.05) is 32.4 Å². The number of carboxylic acids is 1. The minimum Gasteiger partial charge on any atom is -0.481 e. The molecule has 1 aliphatic carbocycles. The molecule has 2 rings (SSSR count). The van der Waals surface area contributed by atoms with Gasteiger partial charge in [-0.25, -0.2) is 0 Å². The van der Waals surface area contributed by atoms with E-state index >= 15 is 0 Å². The molecular formula is C15H20ClNO3S. The monoisotopic (exact) mass is 329 g/mol. The Morgan fingerprint density at radius 2 is 2.05 bits per heavy atom. The third kappa shape index (κ3) is 3.24. The topological polar surface area (TPSA) is 66.4 Å². The maximum atomic E-state index is 12.2. The van der Waals surface area contributed by atoms with Crippen molar-refractivity contribution in [2.45, 2.75) is 39.7 Å². The van der Waals surface area contributed by atoms with Crippen molar-refractivity contribution in [1.82, 2.24) is 5.32 Å². The Morgan fingerprint density at radius 3 is 2.57 bits per heavy atom. The van der Waals surface area contributed by atoms with Gasteiger partial charge in [0.25, 0.3) is 5.91 Å². The summed E-state index contributed by atoms with van der Waals surface area (Å²) in [4.78, 5) is 24.2. The number of amides is 1. The number of carbonyl (C=O) groups is 2. The van der Waals surface area contributed by atoms with Gasteiger partial charge < -0.3 is 10.4 Å². The summed E-state index contributed by atoms with van der Waals surface area (Å²) in [5, 5.41) is 12.4. The molecule has 1 heterocycles. The quantitative estimate of drug-likeness (QED) is 0.889. The van der Waals surface area contributed by atoms with Crippen LogP contribution in [0.1, 0.15) is 43.3 Å². The van der Waals surface area contributed by atoms with E-state index in [4.69, 9.17) is 11.6 Å². The molecule has 0 aromatic carbocycles. The largest absolute Gasteiger partial charge is 0.481 e.